The van der Waals surface area contributed by atoms with Gasteiger partial charge >= 0.3 is 0 Å². The number of hydrogen-bond donors (Lipinski definition) is 2. The molecule has 0 radical (unpaired) electrons. The van der Waals surface area contributed by atoms with E-state index in [1.807, 2.05) is 0 Å². The van der Waals surface area contributed by atoms with Gasteiger partial charge in [0.2, 0.25) is 5.91 Å². The van der Waals surface area contributed by atoms with Crippen LogP contribution >= 0.6 is 0 Å². The van der Waals surface area contributed by atoms with Crippen molar-refractivity contribution < 1.29 is 9.90 Å². The number of phenols is 1. The molecule has 4 heteroatoms. The standard InChI is InChI=1S/C11H16N2O2/c1-12-7-11(15)13(2)8-9-3-5-10(14)6-4-9/h3-6,12,14H,7-8H2,1-2H3. The first kappa shape index (κ1) is 11.5. The predicted molar refractivity (Wildman–Crippen MR) is 58.5 cm³/mol. The molecule has 0 saturated heterocycles. The molecule has 0 atom stereocenters. The monoisotopic (exact) mass is 208 g/mol. The zero-order valence-corrected chi connectivity index (χ0v) is 9.03. The summed E-state index contributed by atoms with van der Waals surface area (Å²) in [5.41, 5.74) is 1.000. The second-order valence-electron chi connectivity index (χ2n) is 3.45. The molecule has 1 aromatic carbocycles. The lowest BCUT2D eigenvalue weighted by Gasteiger charge is -2.16. The maximum Gasteiger partial charge on any atom is 0.236 e. The van der Waals surface area contributed by atoms with Crippen LogP contribution in [-0.2, 0) is 11.3 Å². The van der Waals surface area contributed by atoms with E-state index in [2.05, 4.69) is 5.32 Å². The topological polar surface area (TPSA) is 52.6 Å². The number of rotatable bonds is 4. The van der Waals surface area contributed by atoms with E-state index in [1.165, 1.54) is 0 Å². The van der Waals surface area contributed by atoms with Gasteiger partial charge in [0.15, 0.2) is 0 Å². The summed E-state index contributed by atoms with van der Waals surface area (Å²) < 4.78 is 0. The lowest BCUT2D eigenvalue weighted by molar-refractivity contribution is -0.129. The molecule has 0 bridgehead atoms. The number of nitrogens with one attached hydrogen (secondary N) is 1. The van der Waals surface area contributed by atoms with E-state index in [0.717, 1.165) is 5.56 Å². The molecule has 1 aromatic rings. The van der Waals surface area contributed by atoms with Gasteiger partial charge in [-0.15, -0.1) is 0 Å². The molecule has 4 nitrogen and oxygen atoms in total. The van der Waals surface area contributed by atoms with E-state index in [9.17, 15) is 4.79 Å². The molecule has 0 fully saturated rings. The minimum absolute atomic E-state index is 0.0468. The molecule has 0 saturated carbocycles. The number of phenolic OH excluding ortho intramolecular Hbond substituents is 1. The van der Waals surface area contributed by atoms with Gasteiger partial charge in [0, 0.05) is 13.6 Å². The van der Waals surface area contributed by atoms with Crippen molar-refractivity contribution in [3.05, 3.63) is 29.8 Å². The lowest BCUT2D eigenvalue weighted by atomic mass is 10.2. The molecule has 1 amide bonds. The molecule has 0 aromatic heterocycles. The molecule has 82 valence electrons. The fraction of sp³-hybridized carbons (Fsp3) is 0.364. The Balaban J connectivity index is 2.54. The van der Waals surface area contributed by atoms with Crippen LogP contribution in [0.2, 0.25) is 0 Å². The Bertz CT molecular complexity index is 322. The molecule has 2 N–H and O–H groups in total. The second kappa shape index (κ2) is 5.36. The van der Waals surface area contributed by atoms with Crippen molar-refractivity contribution in [1.29, 1.82) is 0 Å². The molecular weight excluding hydrogens is 192 g/mol. The summed E-state index contributed by atoms with van der Waals surface area (Å²) in [7, 11) is 3.50. The van der Waals surface area contributed by atoms with Gasteiger partial charge in [-0.1, -0.05) is 12.1 Å². The third kappa shape index (κ3) is 3.59. The number of benzene rings is 1. The van der Waals surface area contributed by atoms with Crippen molar-refractivity contribution >= 4 is 5.91 Å². The first-order valence-electron chi connectivity index (χ1n) is 4.80. The third-order valence-corrected chi connectivity index (χ3v) is 2.11. The van der Waals surface area contributed by atoms with Gasteiger partial charge in [0.05, 0.1) is 6.54 Å². The Labute approximate surface area is 89.5 Å². The maximum absolute atomic E-state index is 11.4. The van der Waals surface area contributed by atoms with E-state index in [4.69, 9.17) is 5.11 Å². The summed E-state index contributed by atoms with van der Waals surface area (Å²) in [6, 6.07) is 6.84. The normalized spacial score (nSPS) is 10.0. The van der Waals surface area contributed by atoms with Gasteiger partial charge in [-0.3, -0.25) is 4.79 Å². The van der Waals surface area contributed by atoms with Gasteiger partial charge in [-0.25, -0.2) is 0 Å². The summed E-state index contributed by atoms with van der Waals surface area (Å²) in [5.74, 6) is 0.286. The second-order valence-corrected chi connectivity index (χ2v) is 3.45. The largest absolute Gasteiger partial charge is 0.508 e. The van der Waals surface area contributed by atoms with Gasteiger partial charge < -0.3 is 15.3 Å². The summed E-state index contributed by atoms with van der Waals surface area (Å²) in [4.78, 5) is 13.1. The predicted octanol–water partition coefficient (Wildman–Crippen LogP) is 0.570. The SMILES string of the molecule is CNCC(=O)N(C)Cc1ccc(O)cc1. The molecular formula is C11H16N2O2. The Kier molecular flexibility index (Phi) is 4.12. The first-order valence-corrected chi connectivity index (χ1v) is 4.80. The molecule has 0 aliphatic rings. The van der Waals surface area contributed by atoms with Crippen molar-refractivity contribution in [3.8, 4) is 5.75 Å². The first-order chi connectivity index (χ1) is 7.13. The van der Waals surface area contributed by atoms with Gasteiger partial charge in [0.25, 0.3) is 0 Å². The average Bonchev–Trinajstić information content (AvgIpc) is 2.22. The minimum Gasteiger partial charge on any atom is -0.508 e. The highest BCUT2D eigenvalue weighted by Crippen LogP contribution is 2.10. The number of hydrogen-bond acceptors (Lipinski definition) is 3. The molecule has 0 aliphatic heterocycles. The van der Waals surface area contributed by atoms with Crippen molar-refractivity contribution in [3.63, 3.8) is 0 Å². The summed E-state index contributed by atoms with van der Waals surface area (Å²) in [5, 5.41) is 11.9. The maximum atomic E-state index is 11.4. The fourth-order valence-electron chi connectivity index (χ4n) is 1.25. The quantitative estimate of drug-likeness (QED) is 0.760. The van der Waals surface area contributed by atoms with Crippen LogP contribution in [0.4, 0.5) is 0 Å². The van der Waals surface area contributed by atoms with Crippen LogP contribution in [-0.4, -0.2) is 36.6 Å². The van der Waals surface area contributed by atoms with Crippen molar-refractivity contribution in [2.24, 2.45) is 0 Å². The average molecular weight is 208 g/mol. The van der Waals surface area contributed by atoms with Crippen molar-refractivity contribution in [1.82, 2.24) is 10.2 Å². The Hall–Kier alpha value is -1.55. The molecule has 1 rings (SSSR count). The number of nitrogens with zero attached hydrogens (tertiary/aromatic N) is 1. The molecule has 0 unspecified atom stereocenters. The van der Waals surface area contributed by atoms with E-state index >= 15 is 0 Å². The van der Waals surface area contributed by atoms with Crippen LogP contribution in [0.1, 0.15) is 5.56 Å². The lowest BCUT2D eigenvalue weighted by Crippen LogP contribution is -2.33. The minimum atomic E-state index is 0.0468. The smallest absolute Gasteiger partial charge is 0.236 e. The highest BCUT2D eigenvalue weighted by Gasteiger charge is 2.07. The Morgan fingerprint density at radius 2 is 2.00 bits per heavy atom. The number of carbonyl (C=O) groups excluding carboxylic acids is 1. The summed E-state index contributed by atoms with van der Waals surface area (Å²) in [6.07, 6.45) is 0. The number of amides is 1. The Morgan fingerprint density at radius 3 is 2.53 bits per heavy atom. The zero-order chi connectivity index (χ0) is 11.3. The van der Waals surface area contributed by atoms with Crippen LogP contribution in [0.3, 0.4) is 0 Å². The number of likely N-dealkylation sites (N-methyl/N-ethyl adjacent to an activating group) is 2. The zero-order valence-electron chi connectivity index (χ0n) is 9.03. The van der Waals surface area contributed by atoms with Crippen molar-refractivity contribution in [2.45, 2.75) is 6.54 Å². The fourth-order valence-corrected chi connectivity index (χ4v) is 1.25. The summed E-state index contributed by atoms with van der Waals surface area (Å²) >= 11 is 0. The molecule has 0 aliphatic carbocycles. The molecule has 0 heterocycles. The van der Waals surface area contributed by atoms with E-state index in [0.29, 0.717) is 13.1 Å². The third-order valence-electron chi connectivity index (χ3n) is 2.11. The highest BCUT2D eigenvalue weighted by molar-refractivity contribution is 5.77. The van der Waals surface area contributed by atoms with Gasteiger partial charge in [-0.05, 0) is 24.7 Å². The van der Waals surface area contributed by atoms with E-state index in [1.54, 1.807) is 43.3 Å². The van der Waals surface area contributed by atoms with E-state index in [-0.39, 0.29) is 11.7 Å². The number of aromatic hydroxyl groups is 1. The van der Waals surface area contributed by atoms with Crippen LogP contribution in [0, 0.1) is 0 Å². The van der Waals surface area contributed by atoms with E-state index < -0.39 is 0 Å². The highest BCUT2D eigenvalue weighted by atomic mass is 16.3. The van der Waals surface area contributed by atoms with Crippen molar-refractivity contribution in [2.75, 3.05) is 20.6 Å². The molecule has 15 heavy (non-hydrogen) atoms. The Morgan fingerprint density at radius 1 is 1.40 bits per heavy atom. The van der Waals surface area contributed by atoms with Crippen LogP contribution in [0.5, 0.6) is 5.75 Å². The van der Waals surface area contributed by atoms with Crippen LogP contribution in [0.15, 0.2) is 24.3 Å². The number of carbonyl (C=O) groups is 1. The van der Waals surface area contributed by atoms with Crippen LogP contribution in [0.25, 0.3) is 0 Å². The molecule has 0 spiro atoms. The summed E-state index contributed by atoms with van der Waals surface area (Å²) in [6.45, 7) is 0.898. The van der Waals surface area contributed by atoms with Gasteiger partial charge in [0.1, 0.15) is 5.75 Å². The van der Waals surface area contributed by atoms with Crippen LogP contribution < -0.4 is 5.32 Å². The van der Waals surface area contributed by atoms with Gasteiger partial charge in [-0.2, -0.15) is 0 Å².